The molecule has 1 rings (SSSR count). The summed E-state index contributed by atoms with van der Waals surface area (Å²) in [5.41, 5.74) is 0. The van der Waals surface area contributed by atoms with E-state index in [1.807, 2.05) is 0 Å². The maximum Gasteiger partial charge on any atom is 0.406 e. The molecule has 1 aromatic heterocycles. The Hall–Kier alpha value is -0.530. The highest BCUT2D eigenvalue weighted by atomic mass is 35.5. The summed E-state index contributed by atoms with van der Waals surface area (Å²) in [5.74, 6) is 0. The van der Waals surface area contributed by atoms with Crippen LogP contribution in [-0.4, -0.2) is 36.0 Å². The minimum absolute atomic E-state index is 0.122. The van der Waals surface area contributed by atoms with Crippen molar-refractivity contribution >= 4 is 28.1 Å². The molecule has 0 bridgehead atoms. The predicted molar refractivity (Wildman–Crippen MR) is 52.5 cm³/mol. The van der Waals surface area contributed by atoms with E-state index in [0.717, 1.165) is 16.2 Å². The first-order valence-electron chi connectivity index (χ1n) is 3.96. The molecule has 1 heterocycles. The van der Waals surface area contributed by atoms with Crippen LogP contribution in [0.1, 0.15) is 0 Å². The Morgan fingerprint density at radius 1 is 1.53 bits per heavy atom. The van der Waals surface area contributed by atoms with Crippen LogP contribution >= 0.6 is 22.9 Å². The van der Waals surface area contributed by atoms with Gasteiger partial charge >= 0.3 is 6.18 Å². The molecule has 0 radical (unpaired) electrons. The lowest BCUT2D eigenvalue weighted by atomic mass is 10.5. The zero-order valence-corrected chi connectivity index (χ0v) is 9.03. The van der Waals surface area contributed by atoms with Crippen molar-refractivity contribution in [2.45, 2.75) is 6.18 Å². The first kappa shape index (κ1) is 12.5. The number of thiazole rings is 1. The minimum atomic E-state index is -4.33. The number of aromatic nitrogens is 1. The van der Waals surface area contributed by atoms with Gasteiger partial charge in [0.1, 0.15) is 11.7 Å². The number of halogens is 4. The fraction of sp³-hybridized carbons (Fsp3) is 0.571. The molecule has 0 spiro atoms. The van der Waals surface area contributed by atoms with Crippen LogP contribution in [0.5, 0.6) is 0 Å². The van der Waals surface area contributed by atoms with Crippen LogP contribution < -0.4 is 4.90 Å². The van der Waals surface area contributed by atoms with E-state index in [9.17, 15) is 13.2 Å². The highest BCUT2D eigenvalue weighted by Gasteiger charge is 2.31. The average Bonchev–Trinajstić information content (AvgIpc) is 2.48. The van der Waals surface area contributed by atoms with E-state index in [0.29, 0.717) is 0 Å². The van der Waals surface area contributed by atoms with Gasteiger partial charge in [-0.25, -0.2) is 4.98 Å². The Bertz CT molecular complexity index is 317. The van der Waals surface area contributed by atoms with E-state index in [1.54, 1.807) is 0 Å². The number of aliphatic hydroxyl groups excluding tert-OH is 1. The minimum Gasteiger partial charge on any atom is -0.395 e. The summed E-state index contributed by atoms with van der Waals surface area (Å²) in [4.78, 5) is 4.65. The summed E-state index contributed by atoms with van der Waals surface area (Å²) in [5, 5.41) is 10.4. The zero-order valence-electron chi connectivity index (χ0n) is 7.46. The smallest absolute Gasteiger partial charge is 0.395 e. The lowest BCUT2D eigenvalue weighted by Gasteiger charge is -2.21. The summed E-state index contributed by atoms with van der Waals surface area (Å²) in [6.07, 6.45) is -4.33. The van der Waals surface area contributed by atoms with E-state index in [2.05, 4.69) is 4.98 Å². The van der Waals surface area contributed by atoms with E-state index >= 15 is 0 Å². The van der Waals surface area contributed by atoms with Crippen molar-refractivity contribution in [2.75, 3.05) is 24.6 Å². The molecular weight excluding hydrogens is 253 g/mol. The molecule has 15 heavy (non-hydrogen) atoms. The normalized spacial score (nSPS) is 11.8. The van der Waals surface area contributed by atoms with Crippen LogP contribution in [-0.2, 0) is 0 Å². The van der Waals surface area contributed by atoms with Gasteiger partial charge in [0.15, 0.2) is 5.13 Å². The van der Waals surface area contributed by atoms with Crippen molar-refractivity contribution in [1.29, 1.82) is 0 Å². The molecule has 1 aromatic rings. The van der Waals surface area contributed by atoms with Gasteiger partial charge in [0.25, 0.3) is 0 Å². The maximum absolute atomic E-state index is 12.1. The van der Waals surface area contributed by atoms with E-state index in [1.165, 1.54) is 5.38 Å². The first-order valence-corrected chi connectivity index (χ1v) is 5.22. The van der Waals surface area contributed by atoms with Gasteiger partial charge in [0.05, 0.1) is 6.61 Å². The summed E-state index contributed by atoms with van der Waals surface area (Å²) in [6, 6.07) is 0. The van der Waals surface area contributed by atoms with Gasteiger partial charge in [0, 0.05) is 11.9 Å². The molecule has 0 amide bonds. The fourth-order valence-electron chi connectivity index (χ4n) is 0.970. The summed E-state index contributed by atoms with van der Waals surface area (Å²) < 4.78 is 36.4. The zero-order chi connectivity index (χ0) is 11.5. The van der Waals surface area contributed by atoms with Gasteiger partial charge in [-0.2, -0.15) is 13.2 Å². The van der Waals surface area contributed by atoms with Crippen molar-refractivity contribution in [3.63, 3.8) is 0 Å². The largest absolute Gasteiger partial charge is 0.406 e. The quantitative estimate of drug-likeness (QED) is 0.901. The molecule has 1 N–H and O–H groups in total. The number of hydrogen-bond donors (Lipinski definition) is 1. The highest BCUT2D eigenvalue weighted by Crippen LogP contribution is 2.26. The van der Waals surface area contributed by atoms with Crippen LogP contribution in [0, 0.1) is 0 Å². The lowest BCUT2D eigenvalue weighted by molar-refractivity contribution is -0.119. The molecule has 0 aliphatic heterocycles. The average molecular weight is 261 g/mol. The number of alkyl halides is 3. The van der Waals surface area contributed by atoms with Crippen LogP contribution in [0.25, 0.3) is 0 Å². The standard InChI is InChI=1S/C7H8ClF3N2OS/c8-5-3-15-6(12-5)13(1-2-14)4-7(9,10)11/h3,14H,1-2,4H2. The first-order chi connectivity index (χ1) is 6.92. The molecule has 0 saturated carbocycles. The van der Waals surface area contributed by atoms with Crippen molar-refractivity contribution in [3.8, 4) is 0 Å². The summed E-state index contributed by atoms with van der Waals surface area (Å²) in [6.45, 7) is -1.63. The van der Waals surface area contributed by atoms with Gasteiger partial charge in [-0.3, -0.25) is 0 Å². The molecular formula is C7H8ClF3N2OS. The molecule has 0 unspecified atom stereocenters. The molecule has 86 valence electrons. The number of aliphatic hydroxyl groups is 1. The van der Waals surface area contributed by atoms with E-state index in [-0.39, 0.29) is 23.4 Å². The molecule has 0 aromatic carbocycles. The third kappa shape index (κ3) is 4.23. The van der Waals surface area contributed by atoms with Gasteiger partial charge in [-0.15, -0.1) is 11.3 Å². The molecule has 0 atom stereocenters. The third-order valence-electron chi connectivity index (χ3n) is 1.47. The summed E-state index contributed by atoms with van der Waals surface area (Å²) in [7, 11) is 0. The second-order valence-corrected chi connectivity index (χ2v) is 3.94. The fourth-order valence-corrected chi connectivity index (χ4v) is 1.95. The Morgan fingerprint density at radius 3 is 2.60 bits per heavy atom. The van der Waals surface area contributed by atoms with Crippen LogP contribution in [0.2, 0.25) is 5.15 Å². The van der Waals surface area contributed by atoms with Gasteiger partial charge in [-0.05, 0) is 0 Å². The molecule has 0 saturated heterocycles. The predicted octanol–water partition coefficient (Wildman–Crippen LogP) is 2.16. The van der Waals surface area contributed by atoms with Crippen molar-refractivity contribution in [3.05, 3.63) is 10.5 Å². The maximum atomic E-state index is 12.1. The van der Waals surface area contributed by atoms with Crippen LogP contribution in [0.3, 0.4) is 0 Å². The van der Waals surface area contributed by atoms with Gasteiger partial charge in [-0.1, -0.05) is 11.6 Å². The van der Waals surface area contributed by atoms with E-state index < -0.39 is 12.7 Å². The highest BCUT2D eigenvalue weighted by molar-refractivity contribution is 7.14. The Morgan fingerprint density at radius 2 is 2.20 bits per heavy atom. The van der Waals surface area contributed by atoms with Crippen molar-refractivity contribution < 1.29 is 18.3 Å². The number of rotatable bonds is 4. The van der Waals surface area contributed by atoms with Crippen molar-refractivity contribution in [1.82, 2.24) is 4.98 Å². The monoisotopic (exact) mass is 260 g/mol. The van der Waals surface area contributed by atoms with Crippen molar-refractivity contribution in [2.24, 2.45) is 0 Å². The second-order valence-electron chi connectivity index (χ2n) is 2.71. The summed E-state index contributed by atoms with van der Waals surface area (Å²) >= 11 is 6.51. The Kier molecular flexibility index (Phi) is 4.18. The topological polar surface area (TPSA) is 36.4 Å². The second kappa shape index (κ2) is 5.00. The van der Waals surface area contributed by atoms with Gasteiger partial charge in [0.2, 0.25) is 0 Å². The molecule has 3 nitrogen and oxygen atoms in total. The molecule has 0 aliphatic rings. The van der Waals surface area contributed by atoms with E-state index in [4.69, 9.17) is 16.7 Å². The Labute approximate surface area is 93.1 Å². The molecule has 0 aliphatic carbocycles. The van der Waals surface area contributed by atoms with Crippen LogP contribution in [0.4, 0.5) is 18.3 Å². The van der Waals surface area contributed by atoms with Gasteiger partial charge < -0.3 is 10.0 Å². The number of anilines is 1. The molecule has 0 fully saturated rings. The van der Waals surface area contributed by atoms with Crippen LogP contribution in [0.15, 0.2) is 5.38 Å². The Balaban J connectivity index is 2.74. The third-order valence-corrected chi connectivity index (χ3v) is 2.70. The SMILES string of the molecule is OCCN(CC(F)(F)F)c1nc(Cl)cs1. The number of hydrogen-bond acceptors (Lipinski definition) is 4. The molecule has 8 heteroatoms. The number of nitrogens with zero attached hydrogens (tertiary/aromatic N) is 2. The lowest BCUT2D eigenvalue weighted by Crippen LogP contribution is -2.36.